The summed E-state index contributed by atoms with van der Waals surface area (Å²) < 4.78 is 0. The van der Waals surface area contributed by atoms with Crippen molar-refractivity contribution in [2.24, 2.45) is 0 Å². The van der Waals surface area contributed by atoms with Gasteiger partial charge in [-0.05, 0) is 82.5 Å². The maximum atomic E-state index is 10.8. The summed E-state index contributed by atoms with van der Waals surface area (Å²) in [4.78, 5) is 12.2. The lowest BCUT2D eigenvalue weighted by molar-refractivity contribution is 0.479. The summed E-state index contributed by atoms with van der Waals surface area (Å²) in [7, 11) is 0. The standard InChI is InChI=1S/C37H39N3O/c1-22(2)24-9-12-28-31(20-24)40(34-19-23(3)17-18-38-34)32-21-25(10-13-29(32)37(28,7)8)30-15-11-26-27(36(4,5)6)14-16-33(41)35(26)39-30/h9-22,41H,1-8H3. The van der Waals surface area contributed by atoms with Crippen LogP contribution < -0.4 is 4.90 Å². The van der Waals surface area contributed by atoms with Gasteiger partial charge in [0.05, 0.1) is 17.1 Å². The molecule has 0 aliphatic carbocycles. The van der Waals surface area contributed by atoms with Crippen LogP contribution in [0.3, 0.4) is 0 Å². The first-order valence-corrected chi connectivity index (χ1v) is 14.5. The van der Waals surface area contributed by atoms with E-state index in [-0.39, 0.29) is 16.6 Å². The molecule has 1 N–H and O–H groups in total. The van der Waals surface area contributed by atoms with Crippen LogP contribution in [-0.4, -0.2) is 15.1 Å². The van der Waals surface area contributed by atoms with Gasteiger partial charge in [-0.3, -0.25) is 4.90 Å². The molecule has 41 heavy (non-hydrogen) atoms. The molecule has 0 fully saturated rings. The van der Waals surface area contributed by atoms with E-state index in [9.17, 15) is 5.11 Å². The second-order valence-electron chi connectivity index (χ2n) is 13.3. The Morgan fingerprint density at radius 1 is 0.829 bits per heavy atom. The lowest BCUT2D eigenvalue weighted by Crippen LogP contribution is -2.31. The lowest BCUT2D eigenvalue weighted by Gasteiger charge is -2.42. The van der Waals surface area contributed by atoms with Crippen molar-refractivity contribution < 1.29 is 5.11 Å². The quantitative estimate of drug-likeness (QED) is 0.247. The summed E-state index contributed by atoms with van der Waals surface area (Å²) >= 11 is 0. The highest BCUT2D eigenvalue weighted by atomic mass is 16.3. The number of nitrogens with zero attached hydrogens (tertiary/aromatic N) is 3. The Bertz CT molecular complexity index is 1810. The van der Waals surface area contributed by atoms with Crippen LogP contribution in [0.1, 0.15) is 82.2 Å². The number of phenols is 1. The minimum Gasteiger partial charge on any atom is -0.506 e. The van der Waals surface area contributed by atoms with Gasteiger partial charge in [-0.25, -0.2) is 9.97 Å². The van der Waals surface area contributed by atoms with Crippen LogP contribution in [0, 0.1) is 6.92 Å². The predicted molar refractivity (Wildman–Crippen MR) is 171 cm³/mol. The monoisotopic (exact) mass is 541 g/mol. The highest BCUT2D eigenvalue weighted by Crippen LogP contribution is 2.53. The minimum atomic E-state index is -0.199. The van der Waals surface area contributed by atoms with Crippen molar-refractivity contribution in [1.82, 2.24) is 9.97 Å². The number of hydrogen-bond acceptors (Lipinski definition) is 4. The fourth-order valence-corrected chi connectivity index (χ4v) is 6.21. The van der Waals surface area contributed by atoms with Crippen molar-refractivity contribution in [3.8, 4) is 17.0 Å². The first kappa shape index (κ1) is 27.0. The summed E-state index contributed by atoms with van der Waals surface area (Å²) in [6.07, 6.45) is 1.89. The van der Waals surface area contributed by atoms with Crippen molar-refractivity contribution in [3.63, 3.8) is 0 Å². The lowest BCUT2D eigenvalue weighted by atomic mass is 9.72. The summed E-state index contributed by atoms with van der Waals surface area (Å²) in [6, 6.07) is 25.7. The number of rotatable bonds is 3. The molecule has 3 heterocycles. The van der Waals surface area contributed by atoms with E-state index in [4.69, 9.17) is 9.97 Å². The van der Waals surface area contributed by atoms with Crippen LogP contribution in [0.15, 0.2) is 79.0 Å². The predicted octanol–water partition coefficient (Wildman–Crippen LogP) is 9.84. The third-order valence-electron chi connectivity index (χ3n) is 8.58. The average molecular weight is 542 g/mol. The van der Waals surface area contributed by atoms with E-state index in [2.05, 4.69) is 115 Å². The third-order valence-corrected chi connectivity index (χ3v) is 8.58. The Morgan fingerprint density at radius 2 is 1.54 bits per heavy atom. The average Bonchev–Trinajstić information content (AvgIpc) is 2.92. The molecule has 1 aliphatic heterocycles. The molecule has 0 amide bonds. The van der Waals surface area contributed by atoms with E-state index in [0.29, 0.717) is 11.4 Å². The van der Waals surface area contributed by atoms with Gasteiger partial charge >= 0.3 is 0 Å². The zero-order chi connectivity index (χ0) is 29.3. The van der Waals surface area contributed by atoms with E-state index in [0.717, 1.165) is 28.1 Å². The summed E-state index contributed by atoms with van der Waals surface area (Å²) in [5, 5.41) is 11.8. The molecule has 208 valence electrons. The number of pyridine rings is 2. The molecule has 6 rings (SSSR count). The SMILES string of the molecule is Cc1ccnc(N2c3cc(-c4ccc5c(C(C)(C)C)ccc(O)c5n4)ccc3C(C)(C)c3ccc(C(C)C)cc32)c1. The van der Waals surface area contributed by atoms with Gasteiger partial charge in [-0.15, -0.1) is 0 Å². The Balaban J connectivity index is 1.59. The zero-order valence-electron chi connectivity index (χ0n) is 25.4. The maximum Gasteiger partial charge on any atom is 0.141 e. The van der Waals surface area contributed by atoms with Gasteiger partial charge in [0.25, 0.3) is 0 Å². The van der Waals surface area contributed by atoms with Crippen LogP contribution in [0.4, 0.5) is 17.2 Å². The molecule has 0 saturated heterocycles. The Hall–Kier alpha value is -4.18. The zero-order valence-corrected chi connectivity index (χ0v) is 25.4. The van der Waals surface area contributed by atoms with Crippen LogP contribution >= 0.6 is 0 Å². The highest BCUT2D eigenvalue weighted by Gasteiger charge is 2.38. The molecule has 4 nitrogen and oxygen atoms in total. The van der Waals surface area contributed by atoms with Crippen LogP contribution in [0.5, 0.6) is 5.75 Å². The molecule has 0 saturated carbocycles. The summed E-state index contributed by atoms with van der Waals surface area (Å²) in [6.45, 7) is 17.8. The number of phenolic OH excluding ortho intramolecular Hbond substituents is 1. The molecule has 0 atom stereocenters. The van der Waals surface area contributed by atoms with Gasteiger partial charge in [-0.2, -0.15) is 0 Å². The maximum absolute atomic E-state index is 10.8. The molecular weight excluding hydrogens is 502 g/mol. The van der Waals surface area contributed by atoms with Gasteiger partial charge in [0.15, 0.2) is 0 Å². The Kier molecular flexibility index (Phi) is 6.22. The second kappa shape index (κ2) is 9.44. The molecule has 4 heteroatoms. The van der Waals surface area contributed by atoms with Gasteiger partial charge in [0.2, 0.25) is 0 Å². The number of anilines is 3. The van der Waals surface area contributed by atoms with Gasteiger partial charge in [0.1, 0.15) is 17.1 Å². The van der Waals surface area contributed by atoms with Crippen LogP contribution in [-0.2, 0) is 10.8 Å². The van der Waals surface area contributed by atoms with E-state index in [1.807, 2.05) is 18.3 Å². The molecule has 2 aromatic heterocycles. The Labute approximate surface area is 243 Å². The largest absolute Gasteiger partial charge is 0.506 e. The van der Waals surface area contributed by atoms with Crippen molar-refractivity contribution in [2.45, 2.75) is 72.1 Å². The topological polar surface area (TPSA) is 49.2 Å². The second-order valence-corrected chi connectivity index (χ2v) is 13.3. The van der Waals surface area contributed by atoms with Crippen molar-refractivity contribution in [2.75, 3.05) is 4.90 Å². The molecule has 0 spiro atoms. The smallest absolute Gasteiger partial charge is 0.141 e. The molecule has 5 aromatic rings. The van der Waals surface area contributed by atoms with E-state index < -0.39 is 0 Å². The first-order valence-electron chi connectivity index (χ1n) is 14.5. The van der Waals surface area contributed by atoms with E-state index in [1.165, 1.54) is 33.5 Å². The highest BCUT2D eigenvalue weighted by molar-refractivity contribution is 5.91. The fourth-order valence-electron chi connectivity index (χ4n) is 6.21. The summed E-state index contributed by atoms with van der Waals surface area (Å²) in [5.74, 6) is 1.52. The van der Waals surface area contributed by atoms with E-state index >= 15 is 0 Å². The van der Waals surface area contributed by atoms with Gasteiger partial charge in [-0.1, -0.05) is 84.9 Å². The van der Waals surface area contributed by atoms with E-state index in [1.54, 1.807) is 6.07 Å². The number of aromatic nitrogens is 2. The van der Waals surface area contributed by atoms with Crippen molar-refractivity contribution in [3.05, 3.63) is 107 Å². The van der Waals surface area contributed by atoms with Gasteiger partial charge in [0, 0.05) is 22.6 Å². The number of aryl methyl sites for hydroxylation is 1. The first-order chi connectivity index (χ1) is 19.4. The summed E-state index contributed by atoms with van der Waals surface area (Å²) in [5.41, 5.74) is 10.7. The third kappa shape index (κ3) is 4.46. The molecule has 3 aromatic carbocycles. The van der Waals surface area contributed by atoms with Crippen LogP contribution in [0.25, 0.3) is 22.2 Å². The number of hydrogen-bond donors (Lipinski definition) is 1. The molecular formula is C37H39N3O. The minimum absolute atomic E-state index is 0.0594. The normalized spacial score (nSPS) is 14.3. The van der Waals surface area contributed by atoms with Crippen molar-refractivity contribution >= 4 is 28.1 Å². The van der Waals surface area contributed by atoms with Crippen molar-refractivity contribution in [1.29, 1.82) is 0 Å². The van der Waals surface area contributed by atoms with Gasteiger partial charge < -0.3 is 5.11 Å². The number of aromatic hydroxyl groups is 1. The molecule has 0 radical (unpaired) electrons. The fraction of sp³-hybridized carbons (Fsp3) is 0.297. The molecule has 1 aliphatic rings. The number of fused-ring (bicyclic) bond motifs is 3. The Morgan fingerprint density at radius 3 is 2.22 bits per heavy atom. The van der Waals surface area contributed by atoms with Crippen LogP contribution in [0.2, 0.25) is 0 Å². The number of benzene rings is 3. The molecule has 0 unspecified atom stereocenters. The molecule has 0 bridgehead atoms.